The quantitative estimate of drug-likeness (QED) is 0.745. The molecular formula is C15H23N3O2. The second-order valence-corrected chi connectivity index (χ2v) is 5.21. The van der Waals surface area contributed by atoms with E-state index < -0.39 is 0 Å². The van der Waals surface area contributed by atoms with E-state index in [-0.39, 0.29) is 11.9 Å². The molecule has 0 bridgehead atoms. The highest BCUT2D eigenvalue weighted by Crippen LogP contribution is 2.29. The monoisotopic (exact) mass is 277 g/mol. The molecule has 3 N–H and O–H groups in total. The second kappa shape index (κ2) is 6.72. The van der Waals surface area contributed by atoms with Gasteiger partial charge in [-0.3, -0.25) is 9.69 Å². The molecule has 1 aromatic rings. The number of rotatable bonds is 7. The number of carbonyl (C=O) groups is 1. The highest BCUT2D eigenvalue weighted by molar-refractivity contribution is 5.97. The molecule has 20 heavy (non-hydrogen) atoms. The Hall–Kier alpha value is -1.59. The van der Waals surface area contributed by atoms with Crippen LogP contribution in [0.3, 0.4) is 0 Å². The molecule has 1 amide bonds. The lowest BCUT2D eigenvalue weighted by atomic mass is 10.2. The fourth-order valence-electron chi connectivity index (χ4n) is 2.29. The van der Waals surface area contributed by atoms with Crippen LogP contribution in [0.1, 0.15) is 19.8 Å². The van der Waals surface area contributed by atoms with E-state index in [0.29, 0.717) is 24.0 Å². The zero-order valence-corrected chi connectivity index (χ0v) is 12.1. The lowest BCUT2D eigenvalue weighted by Gasteiger charge is -2.28. The van der Waals surface area contributed by atoms with Crippen LogP contribution in [0.25, 0.3) is 0 Å². The molecule has 5 nitrogen and oxygen atoms in total. The summed E-state index contributed by atoms with van der Waals surface area (Å²) in [5.41, 5.74) is 7.11. The standard InChI is InChI=1S/C15H23N3O2/c1-11(18(9-10-20-2)12-7-8-12)15(19)17-14-6-4-3-5-13(14)16/h3-6,11-12H,7-10,16H2,1-2H3,(H,17,19). The van der Waals surface area contributed by atoms with Crippen LogP contribution < -0.4 is 11.1 Å². The summed E-state index contributed by atoms with van der Waals surface area (Å²) in [6.45, 7) is 3.35. The van der Waals surface area contributed by atoms with E-state index in [9.17, 15) is 4.79 Å². The maximum Gasteiger partial charge on any atom is 0.241 e. The molecule has 0 radical (unpaired) electrons. The number of carbonyl (C=O) groups excluding carboxylic acids is 1. The molecular weight excluding hydrogens is 254 g/mol. The van der Waals surface area contributed by atoms with E-state index in [0.717, 1.165) is 19.4 Å². The summed E-state index contributed by atoms with van der Waals surface area (Å²) in [6.07, 6.45) is 2.32. The van der Waals surface area contributed by atoms with Crippen LogP contribution in [0.2, 0.25) is 0 Å². The van der Waals surface area contributed by atoms with Gasteiger partial charge >= 0.3 is 0 Å². The number of nitrogens with zero attached hydrogens (tertiary/aromatic N) is 1. The van der Waals surface area contributed by atoms with E-state index >= 15 is 0 Å². The predicted molar refractivity (Wildman–Crippen MR) is 80.6 cm³/mol. The smallest absolute Gasteiger partial charge is 0.241 e. The zero-order valence-electron chi connectivity index (χ0n) is 12.1. The van der Waals surface area contributed by atoms with Gasteiger partial charge in [0.2, 0.25) is 5.91 Å². The average Bonchev–Trinajstić information content (AvgIpc) is 3.26. The van der Waals surface area contributed by atoms with Crippen molar-refractivity contribution >= 4 is 17.3 Å². The van der Waals surface area contributed by atoms with Gasteiger partial charge in [0.05, 0.1) is 24.0 Å². The molecule has 1 saturated carbocycles. The van der Waals surface area contributed by atoms with Crippen molar-refractivity contribution in [1.29, 1.82) is 0 Å². The van der Waals surface area contributed by atoms with Gasteiger partial charge in [-0.25, -0.2) is 0 Å². The van der Waals surface area contributed by atoms with Gasteiger partial charge in [-0.1, -0.05) is 12.1 Å². The van der Waals surface area contributed by atoms with Crippen molar-refractivity contribution in [2.24, 2.45) is 0 Å². The molecule has 2 rings (SSSR count). The Labute approximate surface area is 120 Å². The number of para-hydroxylation sites is 2. The zero-order chi connectivity index (χ0) is 14.5. The SMILES string of the molecule is COCCN(C1CC1)C(C)C(=O)Nc1ccccc1N. The summed E-state index contributed by atoms with van der Waals surface area (Å²) in [5.74, 6) is -0.0223. The number of hydrogen-bond donors (Lipinski definition) is 2. The van der Waals surface area contributed by atoms with Crippen LogP contribution in [0.15, 0.2) is 24.3 Å². The Bertz CT molecular complexity index is 460. The normalized spacial score (nSPS) is 16.1. The van der Waals surface area contributed by atoms with Crippen LogP contribution in [0.4, 0.5) is 11.4 Å². The van der Waals surface area contributed by atoms with Crippen LogP contribution in [0.5, 0.6) is 0 Å². The van der Waals surface area contributed by atoms with Gasteiger partial charge in [-0.05, 0) is 31.9 Å². The summed E-state index contributed by atoms with van der Waals surface area (Å²) in [4.78, 5) is 14.6. The number of methoxy groups -OCH3 is 1. The second-order valence-electron chi connectivity index (χ2n) is 5.21. The summed E-state index contributed by atoms with van der Waals surface area (Å²) < 4.78 is 5.12. The van der Waals surface area contributed by atoms with Crippen molar-refractivity contribution < 1.29 is 9.53 Å². The number of nitrogens with one attached hydrogen (secondary N) is 1. The van der Waals surface area contributed by atoms with Crippen LogP contribution in [0, 0.1) is 0 Å². The van der Waals surface area contributed by atoms with Gasteiger partial charge in [0.25, 0.3) is 0 Å². The van der Waals surface area contributed by atoms with E-state index in [4.69, 9.17) is 10.5 Å². The molecule has 0 spiro atoms. The van der Waals surface area contributed by atoms with Gasteiger partial charge in [-0.2, -0.15) is 0 Å². The molecule has 0 heterocycles. The summed E-state index contributed by atoms with van der Waals surface area (Å²) in [6, 6.07) is 7.64. The van der Waals surface area contributed by atoms with Gasteiger partial charge in [-0.15, -0.1) is 0 Å². The number of ether oxygens (including phenoxy) is 1. The predicted octanol–water partition coefficient (Wildman–Crippen LogP) is 1.71. The van der Waals surface area contributed by atoms with Crippen molar-refractivity contribution in [2.45, 2.75) is 31.8 Å². The number of nitrogen functional groups attached to an aromatic ring is 1. The topological polar surface area (TPSA) is 67.6 Å². The highest BCUT2D eigenvalue weighted by atomic mass is 16.5. The van der Waals surface area contributed by atoms with Crippen LogP contribution in [-0.2, 0) is 9.53 Å². The molecule has 0 saturated heterocycles. The molecule has 1 fully saturated rings. The lowest BCUT2D eigenvalue weighted by molar-refractivity contribution is -0.121. The number of benzene rings is 1. The third-order valence-corrected chi connectivity index (χ3v) is 3.67. The molecule has 1 aliphatic carbocycles. The minimum absolute atomic E-state index is 0.0223. The Morgan fingerprint density at radius 1 is 1.50 bits per heavy atom. The van der Waals surface area contributed by atoms with Crippen LogP contribution >= 0.6 is 0 Å². The fourth-order valence-corrected chi connectivity index (χ4v) is 2.29. The van der Waals surface area contributed by atoms with Crippen molar-refractivity contribution in [3.63, 3.8) is 0 Å². The molecule has 1 atom stereocenters. The average molecular weight is 277 g/mol. The minimum atomic E-state index is -0.183. The number of hydrogen-bond acceptors (Lipinski definition) is 4. The molecule has 1 unspecified atom stereocenters. The van der Waals surface area contributed by atoms with Gasteiger partial charge in [0.15, 0.2) is 0 Å². The van der Waals surface area contributed by atoms with Gasteiger partial charge < -0.3 is 15.8 Å². The molecule has 1 aromatic carbocycles. The first-order valence-electron chi connectivity index (χ1n) is 7.03. The van der Waals surface area contributed by atoms with Gasteiger partial charge in [0.1, 0.15) is 0 Å². The number of amides is 1. The Morgan fingerprint density at radius 3 is 2.80 bits per heavy atom. The van der Waals surface area contributed by atoms with E-state index in [2.05, 4.69) is 10.2 Å². The molecule has 5 heteroatoms. The third kappa shape index (κ3) is 3.71. The summed E-state index contributed by atoms with van der Waals surface area (Å²) in [7, 11) is 1.68. The fraction of sp³-hybridized carbons (Fsp3) is 0.533. The first kappa shape index (κ1) is 14.8. The van der Waals surface area contributed by atoms with Crippen molar-refractivity contribution in [3.05, 3.63) is 24.3 Å². The summed E-state index contributed by atoms with van der Waals surface area (Å²) >= 11 is 0. The number of anilines is 2. The molecule has 110 valence electrons. The number of nitrogens with two attached hydrogens (primary N) is 1. The Kier molecular flexibility index (Phi) is 4.98. The maximum atomic E-state index is 12.4. The van der Waals surface area contributed by atoms with E-state index in [1.807, 2.05) is 25.1 Å². The molecule has 0 aliphatic heterocycles. The van der Waals surface area contributed by atoms with E-state index in [1.54, 1.807) is 13.2 Å². The van der Waals surface area contributed by atoms with Crippen molar-refractivity contribution in [1.82, 2.24) is 4.90 Å². The maximum absolute atomic E-state index is 12.4. The molecule has 0 aromatic heterocycles. The van der Waals surface area contributed by atoms with Crippen molar-refractivity contribution in [3.8, 4) is 0 Å². The largest absolute Gasteiger partial charge is 0.397 e. The van der Waals surface area contributed by atoms with Gasteiger partial charge in [0, 0.05) is 19.7 Å². The third-order valence-electron chi connectivity index (χ3n) is 3.67. The Balaban J connectivity index is 1.98. The highest BCUT2D eigenvalue weighted by Gasteiger charge is 2.34. The first-order valence-corrected chi connectivity index (χ1v) is 7.03. The Morgan fingerprint density at radius 2 is 2.20 bits per heavy atom. The summed E-state index contributed by atoms with van der Waals surface area (Å²) in [5, 5.41) is 2.90. The van der Waals surface area contributed by atoms with Crippen molar-refractivity contribution in [2.75, 3.05) is 31.3 Å². The van der Waals surface area contributed by atoms with E-state index in [1.165, 1.54) is 0 Å². The molecule has 1 aliphatic rings. The first-order chi connectivity index (χ1) is 9.63. The van der Waals surface area contributed by atoms with Crippen LogP contribution in [-0.4, -0.2) is 43.2 Å². The lowest BCUT2D eigenvalue weighted by Crippen LogP contribution is -2.45. The minimum Gasteiger partial charge on any atom is -0.397 e.